The van der Waals surface area contributed by atoms with Crippen molar-refractivity contribution in [3.63, 3.8) is 0 Å². The maximum Gasteiger partial charge on any atom is 0.257 e. The molecule has 6 nitrogen and oxygen atoms in total. The molecule has 1 atom stereocenters. The average Bonchev–Trinajstić information content (AvgIpc) is 3.31. The fraction of sp³-hybridized carbons (Fsp3) is 0.692. The van der Waals surface area contributed by atoms with Crippen LogP contribution in [0, 0.1) is 11.8 Å². The second-order valence-corrected chi connectivity index (χ2v) is 9.65. The third-order valence-corrected chi connectivity index (χ3v) is 7.02. The van der Waals surface area contributed by atoms with E-state index in [2.05, 4.69) is 36.3 Å². The number of carbonyl (C=O) groups is 2. The van der Waals surface area contributed by atoms with Crippen molar-refractivity contribution in [3.05, 3.63) is 35.4 Å². The number of rotatable bonds is 9. The Morgan fingerprint density at radius 3 is 2.44 bits per heavy atom. The van der Waals surface area contributed by atoms with Crippen molar-refractivity contribution in [1.29, 1.82) is 0 Å². The quantitative estimate of drug-likeness (QED) is 0.558. The Bertz CT molecular complexity index is 808. The van der Waals surface area contributed by atoms with E-state index in [4.69, 9.17) is 4.98 Å². The zero-order valence-corrected chi connectivity index (χ0v) is 20.3. The number of nitrogens with one attached hydrogen (secondary N) is 1. The Morgan fingerprint density at radius 2 is 1.84 bits per heavy atom. The summed E-state index contributed by atoms with van der Waals surface area (Å²) in [6.45, 7) is 10.3. The summed E-state index contributed by atoms with van der Waals surface area (Å²) >= 11 is 0. The topological polar surface area (TPSA) is 75.2 Å². The number of aromatic nitrogens is 2. The molecule has 1 saturated carbocycles. The molecule has 1 N–H and O–H groups in total. The summed E-state index contributed by atoms with van der Waals surface area (Å²) in [4.78, 5) is 36.6. The number of amides is 2. The molecular formula is C26H40N4O2. The predicted octanol–water partition coefficient (Wildman–Crippen LogP) is 4.83. The zero-order valence-electron chi connectivity index (χ0n) is 20.3. The minimum Gasteiger partial charge on any atom is -0.356 e. The lowest BCUT2D eigenvalue weighted by Gasteiger charge is -2.30. The van der Waals surface area contributed by atoms with Crippen LogP contribution in [0.4, 0.5) is 0 Å². The Hall–Kier alpha value is -2.24. The summed E-state index contributed by atoms with van der Waals surface area (Å²) in [6.07, 6.45) is 13.0. The fourth-order valence-corrected chi connectivity index (χ4v) is 4.92. The van der Waals surface area contributed by atoms with E-state index in [1.54, 1.807) is 6.20 Å². The molecule has 0 bridgehead atoms. The van der Waals surface area contributed by atoms with Gasteiger partial charge >= 0.3 is 0 Å². The molecular weight excluding hydrogens is 400 g/mol. The lowest BCUT2D eigenvalue weighted by atomic mass is 9.79. The predicted molar refractivity (Wildman–Crippen MR) is 128 cm³/mol. The van der Waals surface area contributed by atoms with E-state index in [0.717, 1.165) is 56.6 Å². The largest absolute Gasteiger partial charge is 0.356 e. The fourth-order valence-electron chi connectivity index (χ4n) is 4.92. The third kappa shape index (κ3) is 6.17. The van der Waals surface area contributed by atoms with E-state index in [1.165, 1.54) is 0 Å². The number of hydrogen-bond donors (Lipinski definition) is 1. The van der Waals surface area contributed by atoms with Crippen LogP contribution in [-0.4, -0.2) is 46.3 Å². The summed E-state index contributed by atoms with van der Waals surface area (Å²) in [6, 6.07) is 0. The zero-order chi connectivity index (χ0) is 23.1. The molecule has 1 aromatic rings. The molecule has 3 rings (SSSR count). The number of carbonyl (C=O) groups excluding carboxylic acids is 2. The van der Waals surface area contributed by atoms with Crippen molar-refractivity contribution in [3.8, 4) is 0 Å². The van der Waals surface area contributed by atoms with Crippen LogP contribution in [0.5, 0.6) is 0 Å². The van der Waals surface area contributed by atoms with Gasteiger partial charge in [0.2, 0.25) is 5.91 Å². The first kappa shape index (κ1) is 24.4. The number of nitrogens with zero attached hydrogens (tertiary/aromatic N) is 3. The van der Waals surface area contributed by atoms with E-state index in [1.807, 2.05) is 18.7 Å². The normalized spacial score (nSPS) is 22.8. The average molecular weight is 441 g/mol. The molecule has 176 valence electrons. The minimum absolute atomic E-state index is 0.0376. The molecule has 0 spiro atoms. The summed E-state index contributed by atoms with van der Waals surface area (Å²) in [5, 5.41) is 3.16. The van der Waals surface area contributed by atoms with Crippen LogP contribution < -0.4 is 5.32 Å². The highest BCUT2D eigenvalue weighted by atomic mass is 16.2. The molecule has 2 amide bonds. The van der Waals surface area contributed by atoms with E-state index >= 15 is 0 Å². The maximum absolute atomic E-state index is 13.1. The van der Waals surface area contributed by atoms with E-state index in [0.29, 0.717) is 36.9 Å². The van der Waals surface area contributed by atoms with Gasteiger partial charge in [-0.2, -0.15) is 0 Å². The van der Waals surface area contributed by atoms with Crippen LogP contribution in [0.25, 0.3) is 0 Å². The molecule has 1 aromatic heterocycles. The van der Waals surface area contributed by atoms with Crippen molar-refractivity contribution in [1.82, 2.24) is 20.2 Å². The van der Waals surface area contributed by atoms with Crippen LogP contribution in [0.2, 0.25) is 0 Å². The van der Waals surface area contributed by atoms with Crippen molar-refractivity contribution in [2.75, 3.05) is 19.6 Å². The van der Waals surface area contributed by atoms with Crippen LogP contribution in [-0.2, 0) is 4.79 Å². The van der Waals surface area contributed by atoms with Gasteiger partial charge in [-0.25, -0.2) is 9.97 Å². The van der Waals surface area contributed by atoms with Gasteiger partial charge in [0.15, 0.2) is 0 Å². The van der Waals surface area contributed by atoms with Gasteiger partial charge in [-0.05, 0) is 64.2 Å². The first-order valence-electron chi connectivity index (χ1n) is 12.5. The second kappa shape index (κ2) is 11.6. The molecule has 0 radical (unpaired) electrons. The van der Waals surface area contributed by atoms with Crippen LogP contribution in [0.3, 0.4) is 0 Å². The Kier molecular flexibility index (Phi) is 8.83. The highest BCUT2D eigenvalue weighted by molar-refractivity contribution is 5.95. The van der Waals surface area contributed by atoms with Gasteiger partial charge in [-0.1, -0.05) is 26.0 Å². The SMILES string of the molecule is CCN(CC)C(=O)c1cnc(C(C)C)nc1C1CCC(CNC(=O)CC2C=CCC2)CC1. The lowest BCUT2D eigenvalue weighted by molar-refractivity contribution is -0.121. The molecule has 0 aromatic carbocycles. The Balaban J connectivity index is 1.61. The van der Waals surface area contributed by atoms with Gasteiger partial charge < -0.3 is 10.2 Å². The van der Waals surface area contributed by atoms with E-state index in [9.17, 15) is 9.59 Å². The summed E-state index contributed by atoms with van der Waals surface area (Å²) < 4.78 is 0. The molecule has 0 saturated heterocycles. The molecule has 0 aliphatic heterocycles. The van der Waals surface area contributed by atoms with Gasteiger partial charge in [0, 0.05) is 44.1 Å². The number of allylic oxidation sites excluding steroid dienone is 2. The Morgan fingerprint density at radius 1 is 1.12 bits per heavy atom. The summed E-state index contributed by atoms with van der Waals surface area (Å²) in [5.74, 6) is 2.45. The smallest absolute Gasteiger partial charge is 0.257 e. The van der Waals surface area contributed by atoms with Crippen molar-refractivity contribution >= 4 is 11.8 Å². The maximum atomic E-state index is 13.1. The highest BCUT2D eigenvalue weighted by Crippen LogP contribution is 2.36. The van der Waals surface area contributed by atoms with Gasteiger partial charge in [-0.3, -0.25) is 9.59 Å². The third-order valence-electron chi connectivity index (χ3n) is 7.02. The molecule has 1 fully saturated rings. The van der Waals surface area contributed by atoms with E-state index < -0.39 is 0 Å². The summed E-state index contributed by atoms with van der Waals surface area (Å²) in [7, 11) is 0. The van der Waals surface area contributed by atoms with Gasteiger partial charge in [-0.15, -0.1) is 0 Å². The van der Waals surface area contributed by atoms with Gasteiger partial charge in [0.1, 0.15) is 5.82 Å². The lowest BCUT2D eigenvalue weighted by Crippen LogP contribution is -2.33. The van der Waals surface area contributed by atoms with Gasteiger partial charge in [0.05, 0.1) is 11.3 Å². The molecule has 32 heavy (non-hydrogen) atoms. The van der Waals surface area contributed by atoms with Crippen LogP contribution in [0.1, 0.15) is 106 Å². The van der Waals surface area contributed by atoms with Crippen LogP contribution >= 0.6 is 0 Å². The van der Waals surface area contributed by atoms with Gasteiger partial charge in [0.25, 0.3) is 5.91 Å². The van der Waals surface area contributed by atoms with Crippen molar-refractivity contribution < 1.29 is 9.59 Å². The van der Waals surface area contributed by atoms with E-state index in [-0.39, 0.29) is 23.7 Å². The molecule has 2 aliphatic rings. The first-order valence-corrected chi connectivity index (χ1v) is 12.5. The number of hydrogen-bond acceptors (Lipinski definition) is 4. The molecule has 6 heteroatoms. The minimum atomic E-state index is 0.0376. The molecule has 1 heterocycles. The summed E-state index contributed by atoms with van der Waals surface area (Å²) in [5.41, 5.74) is 1.59. The Labute approximate surface area is 193 Å². The standard InChI is InChI=1S/C26H40N4O2/c1-5-30(6-2)26(32)22-17-28-25(18(3)4)29-24(22)21-13-11-20(12-14-21)16-27-23(31)15-19-9-7-8-10-19/h7,9,17-21H,5-6,8,10-16H2,1-4H3,(H,27,31). The highest BCUT2D eigenvalue weighted by Gasteiger charge is 2.29. The molecule has 1 unspecified atom stereocenters. The second-order valence-electron chi connectivity index (χ2n) is 9.65. The first-order chi connectivity index (χ1) is 15.4. The monoisotopic (exact) mass is 440 g/mol. The molecule has 2 aliphatic carbocycles. The van der Waals surface area contributed by atoms with Crippen molar-refractivity contribution in [2.24, 2.45) is 11.8 Å². The van der Waals surface area contributed by atoms with Crippen LogP contribution in [0.15, 0.2) is 18.3 Å². The van der Waals surface area contributed by atoms with Crippen molar-refractivity contribution in [2.45, 2.75) is 84.5 Å².